The van der Waals surface area contributed by atoms with Crippen LogP contribution in [-0.4, -0.2) is 12.1 Å². The minimum Gasteiger partial charge on any atom is -0.459 e. The normalized spacial score (nSPS) is 22.9. The molecule has 0 aliphatic heterocycles. The summed E-state index contributed by atoms with van der Waals surface area (Å²) in [6.45, 7) is 8.88. The van der Waals surface area contributed by atoms with Gasteiger partial charge < -0.3 is 4.74 Å². The van der Waals surface area contributed by atoms with Crippen LogP contribution in [0.5, 0.6) is 0 Å². The van der Waals surface area contributed by atoms with Gasteiger partial charge in [-0.3, -0.25) is 0 Å². The molecule has 148 valence electrons. The smallest absolute Gasteiger partial charge is 0.331 e. The van der Waals surface area contributed by atoms with Crippen molar-refractivity contribution < 1.29 is 9.53 Å². The molecule has 2 nitrogen and oxygen atoms in total. The molecule has 0 spiro atoms. The maximum Gasteiger partial charge on any atom is 0.331 e. The van der Waals surface area contributed by atoms with Crippen LogP contribution in [0.4, 0.5) is 0 Å². The lowest BCUT2D eigenvalue weighted by Gasteiger charge is -2.43. The van der Waals surface area contributed by atoms with E-state index in [4.69, 9.17) is 4.74 Å². The highest BCUT2D eigenvalue weighted by Gasteiger charge is 2.41. The van der Waals surface area contributed by atoms with Gasteiger partial charge >= 0.3 is 5.97 Å². The molecule has 1 fully saturated rings. The Bertz CT molecular complexity index is 802. The number of aryl methyl sites for hydroxylation is 1. The molecule has 0 bridgehead atoms. The first-order valence-corrected chi connectivity index (χ1v) is 10.4. The monoisotopic (exact) mass is 376 g/mol. The van der Waals surface area contributed by atoms with Crippen molar-refractivity contribution in [3.63, 3.8) is 0 Å². The highest BCUT2D eigenvalue weighted by atomic mass is 16.5. The van der Waals surface area contributed by atoms with Gasteiger partial charge in [-0.15, -0.1) is 0 Å². The highest BCUT2D eigenvalue weighted by molar-refractivity contribution is 5.87. The average Bonchev–Trinajstić information content (AvgIpc) is 2.68. The van der Waals surface area contributed by atoms with Gasteiger partial charge in [0, 0.05) is 12.0 Å². The first kappa shape index (κ1) is 20.4. The van der Waals surface area contributed by atoms with Crippen LogP contribution in [0.3, 0.4) is 0 Å². The van der Waals surface area contributed by atoms with Crippen molar-refractivity contribution in [3.05, 3.63) is 77.4 Å². The third-order valence-corrected chi connectivity index (χ3v) is 6.26. The molecule has 0 unspecified atom stereocenters. The van der Waals surface area contributed by atoms with Crippen LogP contribution < -0.4 is 0 Å². The second-order valence-corrected chi connectivity index (χ2v) is 8.83. The van der Waals surface area contributed by atoms with E-state index >= 15 is 0 Å². The second kappa shape index (κ2) is 8.77. The summed E-state index contributed by atoms with van der Waals surface area (Å²) in [7, 11) is 0. The Morgan fingerprint density at radius 1 is 1.04 bits per heavy atom. The molecule has 28 heavy (non-hydrogen) atoms. The predicted octanol–water partition coefficient (Wildman–Crippen LogP) is 6.33. The molecule has 0 N–H and O–H groups in total. The maximum absolute atomic E-state index is 12.6. The van der Waals surface area contributed by atoms with Gasteiger partial charge in [0.05, 0.1) is 0 Å². The third kappa shape index (κ3) is 4.92. The van der Waals surface area contributed by atoms with Gasteiger partial charge in [-0.05, 0) is 48.3 Å². The summed E-state index contributed by atoms with van der Waals surface area (Å²) in [6, 6.07) is 18.7. The fraction of sp³-hybridized carbons (Fsp3) is 0.423. The molecular weight excluding hydrogens is 344 g/mol. The molecular formula is C26H32O2. The first-order valence-electron chi connectivity index (χ1n) is 10.4. The van der Waals surface area contributed by atoms with E-state index in [1.54, 1.807) is 6.08 Å². The Morgan fingerprint density at radius 3 is 2.39 bits per heavy atom. The number of ether oxygens (including phenoxy) is 1. The number of carbonyl (C=O) groups is 1. The standard InChI is InChI=1S/C26H32O2/c1-19-10-13-21(14-11-19)15-17-25(27)28-24-18-20(2)12-16-23(24)26(3,4)22-8-6-5-7-9-22/h5-11,13-15,17,20,23-24H,12,16,18H2,1-4H3/b17-15+/t20-,23-,24-/m1/s1. The molecule has 0 radical (unpaired) electrons. The first-order chi connectivity index (χ1) is 13.4. The van der Waals surface area contributed by atoms with E-state index in [9.17, 15) is 4.79 Å². The number of hydrogen-bond donors (Lipinski definition) is 0. The number of hydrogen-bond acceptors (Lipinski definition) is 2. The minimum atomic E-state index is -0.242. The molecule has 0 amide bonds. The van der Waals surface area contributed by atoms with Gasteiger partial charge in [0.2, 0.25) is 0 Å². The van der Waals surface area contributed by atoms with Gasteiger partial charge in [0.25, 0.3) is 0 Å². The Hall–Kier alpha value is -2.35. The number of carbonyl (C=O) groups excluding carboxylic acids is 1. The third-order valence-electron chi connectivity index (χ3n) is 6.26. The highest BCUT2D eigenvalue weighted by Crippen LogP contribution is 2.43. The molecule has 2 heteroatoms. The van der Waals surface area contributed by atoms with Crippen molar-refractivity contribution in [2.24, 2.45) is 11.8 Å². The van der Waals surface area contributed by atoms with Gasteiger partial charge in [-0.25, -0.2) is 4.79 Å². The minimum absolute atomic E-state index is 0.0347. The summed E-state index contributed by atoms with van der Waals surface area (Å²) in [5.74, 6) is 0.665. The molecule has 0 saturated heterocycles. The van der Waals surface area contributed by atoms with Crippen molar-refractivity contribution in [2.45, 2.75) is 58.5 Å². The van der Waals surface area contributed by atoms with E-state index in [2.05, 4.69) is 58.0 Å². The second-order valence-electron chi connectivity index (χ2n) is 8.83. The Kier molecular flexibility index (Phi) is 6.39. The summed E-state index contributed by atoms with van der Waals surface area (Å²) in [4.78, 5) is 12.6. The number of benzene rings is 2. The van der Waals surface area contributed by atoms with Crippen LogP contribution in [0.15, 0.2) is 60.7 Å². The quantitative estimate of drug-likeness (QED) is 0.450. The maximum atomic E-state index is 12.6. The molecule has 3 atom stereocenters. The van der Waals surface area contributed by atoms with Crippen LogP contribution in [0.1, 0.15) is 56.7 Å². The van der Waals surface area contributed by atoms with Crippen LogP contribution in [0.2, 0.25) is 0 Å². The summed E-state index contributed by atoms with van der Waals surface area (Å²) < 4.78 is 6.00. The predicted molar refractivity (Wildman–Crippen MR) is 116 cm³/mol. The van der Waals surface area contributed by atoms with E-state index in [1.165, 1.54) is 17.5 Å². The largest absolute Gasteiger partial charge is 0.459 e. The Labute approximate surface area is 169 Å². The van der Waals surface area contributed by atoms with Crippen molar-refractivity contribution >= 4 is 12.0 Å². The zero-order chi connectivity index (χ0) is 20.1. The van der Waals surface area contributed by atoms with Gasteiger partial charge in [0.15, 0.2) is 0 Å². The fourth-order valence-electron chi connectivity index (χ4n) is 4.40. The van der Waals surface area contributed by atoms with Crippen LogP contribution in [0.25, 0.3) is 6.08 Å². The SMILES string of the molecule is Cc1ccc(/C=C/C(=O)O[C@@H]2C[C@H](C)CC[C@H]2C(C)(C)c2ccccc2)cc1. The van der Waals surface area contributed by atoms with Crippen LogP contribution >= 0.6 is 0 Å². The summed E-state index contributed by atoms with van der Waals surface area (Å²) in [6.07, 6.45) is 6.57. The lowest BCUT2D eigenvalue weighted by atomic mass is 9.64. The molecule has 1 saturated carbocycles. The lowest BCUT2D eigenvalue weighted by Crippen LogP contribution is -2.43. The van der Waals surface area contributed by atoms with Gasteiger partial charge in [-0.2, -0.15) is 0 Å². The van der Waals surface area contributed by atoms with Gasteiger partial charge in [-0.1, -0.05) is 87.4 Å². The Morgan fingerprint density at radius 2 is 1.71 bits per heavy atom. The average molecular weight is 377 g/mol. The lowest BCUT2D eigenvalue weighted by molar-refractivity contribution is -0.150. The van der Waals surface area contributed by atoms with Crippen molar-refractivity contribution in [3.8, 4) is 0 Å². The number of esters is 1. The molecule has 0 aromatic heterocycles. The topological polar surface area (TPSA) is 26.3 Å². The van der Waals surface area contributed by atoms with Gasteiger partial charge in [0.1, 0.15) is 6.10 Å². The van der Waals surface area contributed by atoms with Crippen LogP contribution in [-0.2, 0) is 14.9 Å². The molecule has 2 aromatic carbocycles. The van der Waals surface area contributed by atoms with Crippen molar-refractivity contribution in [1.82, 2.24) is 0 Å². The molecule has 2 aromatic rings. The number of rotatable bonds is 5. The summed E-state index contributed by atoms with van der Waals surface area (Å²) in [5, 5.41) is 0. The van der Waals surface area contributed by atoms with E-state index in [0.717, 1.165) is 18.4 Å². The Balaban J connectivity index is 1.73. The van der Waals surface area contributed by atoms with Crippen molar-refractivity contribution in [2.75, 3.05) is 0 Å². The summed E-state index contributed by atoms with van der Waals surface area (Å²) >= 11 is 0. The van der Waals surface area contributed by atoms with E-state index in [-0.39, 0.29) is 17.5 Å². The van der Waals surface area contributed by atoms with E-state index in [0.29, 0.717) is 11.8 Å². The molecule has 1 aliphatic rings. The van der Waals surface area contributed by atoms with E-state index < -0.39 is 0 Å². The van der Waals surface area contributed by atoms with E-state index in [1.807, 2.05) is 30.3 Å². The van der Waals surface area contributed by atoms with Crippen molar-refractivity contribution in [1.29, 1.82) is 0 Å². The molecule has 3 rings (SSSR count). The molecule has 0 heterocycles. The zero-order valence-electron chi connectivity index (χ0n) is 17.5. The van der Waals surface area contributed by atoms with Crippen LogP contribution in [0, 0.1) is 18.8 Å². The zero-order valence-corrected chi connectivity index (χ0v) is 17.5. The summed E-state index contributed by atoms with van der Waals surface area (Å²) in [5.41, 5.74) is 3.50. The molecule has 1 aliphatic carbocycles. The fourth-order valence-corrected chi connectivity index (χ4v) is 4.40.